The van der Waals surface area contributed by atoms with Crippen LogP contribution in [0.2, 0.25) is 0 Å². The number of nitrogens with zero attached hydrogens (tertiary/aromatic N) is 1. The van der Waals surface area contributed by atoms with Gasteiger partial charge in [-0.15, -0.1) is 0 Å². The lowest BCUT2D eigenvalue weighted by atomic mass is 10.1. The van der Waals surface area contributed by atoms with Crippen molar-refractivity contribution in [2.75, 3.05) is 19.8 Å². The van der Waals surface area contributed by atoms with Crippen molar-refractivity contribution in [1.29, 1.82) is 0 Å². The summed E-state index contributed by atoms with van der Waals surface area (Å²) in [5.41, 5.74) is 0.620. The predicted molar refractivity (Wildman–Crippen MR) is 75.8 cm³/mol. The summed E-state index contributed by atoms with van der Waals surface area (Å²) in [4.78, 5) is 14.0. The van der Waals surface area contributed by atoms with Gasteiger partial charge in [0, 0.05) is 11.0 Å². The van der Waals surface area contributed by atoms with Crippen molar-refractivity contribution in [3.05, 3.63) is 34.1 Å². The maximum absolute atomic E-state index is 13.2. The van der Waals surface area contributed by atoms with Gasteiger partial charge >= 0.3 is 0 Å². The van der Waals surface area contributed by atoms with Crippen LogP contribution in [0.25, 0.3) is 0 Å². The van der Waals surface area contributed by atoms with Crippen molar-refractivity contribution in [2.45, 2.75) is 25.5 Å². The van der Waals surface area contributed by atoms with Crippen LogP contribution in [0.1, 0.15) is 12.5 Å². The number of halogens is 2. The molecule has 1 amide bonds. The Kier molecular flexibility index (Phi) is 5.12. The summed E-state index contributed by atoms with van der Waals surface area (Å²) in [6.07, 6.45) is -0.216. The second-order valence-electron chi connectivity index (χ2n) is 4.95. The molecule has 2 unspecified atom stereocenters. The Balaban J connectivity index is 2.08. The number of ether oxygens (including phenoxy) is 1. The van der Waals surface area contributed by atoms with Crippen LogP contribution < -0.4 is 0 Å². The van der Waals surface area contributed by atoms with E-state index in [4.69, 9.17) is 9.84 Å². The molecule has 1 aliphatic rings. The minimum Gasteiger partial charge on any atom is -0.394 e. The number of benzene rings is 1. The normalized spacial score (nSPS) is 22.9. The molecule has 2 rings (SSSR count). The van der Waals surface area contributed by atoms with Crippen LogP contribution in [-0.4, -0.2) is 47.8 Å². The lowest BCUT2D eigenvalue weighted by Gasteiger charge is -2.37. The molecule has 0 saturated carbocycles. The number of morpholine rings is 1. The van der Waals surface area contributed by atoms with E-state index < -0.39 is 0 Å². The molecule has 0 aliphatic carbocycles. The number of rotatable bonds is 3. The Bertz CT molecular complexity index is 497. The Labute approximate surface area is 125 Å². The SMILES string of the molecule is CC1COC(CO)CN1C(=O)Cc1cc(F)ccc1Br. The second-order valence-corrected chi connectivity index (χ2v) is 5.80. The minimum absolute atomic E-state index is 0.0439. The number of carbonyl (C=O) groups excluding carboxylic acids is 1. The lowest BCUT2D eigenvalue weighted by Crippen LogP contribution is -2.52. The van der Waals surface area contributed by atoms with Crippen molar-refractivity contribution >= 4 is 21.8 Å². The van der Waals surface area contributed by atoms with E-state index in [2.05, 4.69) is 15.9 Å². The monoisotopic (exact) mass is 345 g/mol. The summed E-state index contributed by atoms with van der Waals surface area (Å²) >= 11 is 3.32. The van der Waals surface area contributed by atoms with Gasteiger partial charge in [-0.3, -0.25) is 4.79 Å². The molecule has 0 spiro atoms. The van der Waals surface area contributed by atoms with Crippen molar-refractivity contribution in [3.8, 4) is 0 Å². The molecule has 0 aromatic heterocycles. The number of carbonyl (C=O) groups is 1. The highest BCUT2D eigenvalue weighted by atomic mass is 79.9. The number of hydrogen-bond donors (Lipinski definition) is 1. The Morgan fingerprint density at radius 2 is 2.35 bits per heavy atom. The third kappa shape index (κ3) is 3.56. The molecule has 4 nitrogen and oxygen atoms in total. The minimum atomic E-state index is -0.362. The summed E-state index contributed by atoms with van der Waals surface area (Å²) < 4.78 is 19.3. The second kappa shape index (κ2) is 6.65. The fourth-order valence-corrected chi connectivity index (χ4v) is 2.61. The van der Waals surface area contributed by atoms with Gasteiger partial charge in [0.1, 0.15) is 5.82 Å². The summed E-state index contributed by atoms with van der Waals surface area (Å²) in [7, 11) is 0. The molecule has 1 N–H and O–H groups in total. The summed E-state index contributed by atoms with van der Waals surface area (Å²) in [5, 5.41) is 9.13. The Morgan fingerprint density at radius 1 is 1.60 bits per heavy atom. The lowest BCUT2D eigenvalue weighted by molar-refractivity contribution is -0.145. The highest BCUT2D eigenvalue weighted by molar-refractivity contribution is 9.10. The Hall–Kier alpha value is -0.980. The van der Waals surface area contributed by atoms with E-state index in [0.717, 1.165) is 0 Å². The molecule has 1 saturated heterocycles. The van der Waals surface area contributed by atoms with Crippen LogP contribution >= 0.6 is 15.9 Å². The van der Waals surface area contributed by atoms with Gasteiger partial charge in [0.25, 0.3) is 0 Å². The first-order valence-corrected chi connectivity index (χ1v) is 7.26. The van der Waals surface area contributed by atoms with Gasteiger partial charge in [0.2, 0.25) is 5.91 Å². The zero-order valence-corrected chi connectivity index (χ0v) is 12.8. The average molecular weight is 346 g/mol. The van der Waals surface area contributed by atoms with E-state index in [0.29, 0.717) is 23.2 Å². The molecule has 0 bridgehead atoms. The number of aliphatic hydroxyl groups excluding tert-OH is 1. The zero-order chi connectivity index (χ0) is 14.7. The fourth-order valence-electron chi connectivity index (χ4n) is 2.22. The van der Waals surface area contributed by atoms with E-state index in [1.807, 2.05) is 6.92 Å². The maximum Gasteiger partial charge on any atom is 0.227 e. The van der Waals surface area contributed by atoms with Crippen LogP contribution in [0.15, 0.2) is 22.7 Å². The number of aliphatic hydroxyl groups is 1. The highest BCUT2D eigenvalue weighted by Gasteiger charge is 2.29. The largest absolute Gasteiger partial charge is 0.394 e. The molecule has 1 aliphatic heterocycles. The fraction of sp³-hybridized carbons (Fsp3) is 0.500. The van der Waals surface area contributed by atoms with E-state index in [1.54, 1.807) is 11.0 Å². The first-order valence-electron chi connectivity index (χ1n) is 6.47. The van der Waals surface area contributed by atoms with Gasteiger partial charge in [-0.2, -0.15) is 0 Å². The predicted octanol–water partition coefficient (Wildman–Crippen LogP) is 1.74. The van der Waals surface area contributed by atoms with Crippen LogP contribution in [0.4, 0.5) is 4.39 Å². The molecular formula is C14H17BrFNO3. The molecule has 1 heterocycles. The van der Waals surface area contributed by atoms with E-state index >= 15 is 0 Å². The van der Waals surface area contributed by atoms with Crippen LogP contribution in [0.5, 0.6) is 0 Å². The van der Waals surface area contributed by atoms with Gasteiger partial charge in [0.05, 0.1) is 31.8 Å². The maximum atomic E-state index is 13.2. The van der Waals surface area contributed by atoms with Crippen molar-refractivity contribution in [3.63, 3.8) is 0 Å². The molecule has 20 heavy (non-hydrogen) atoms. The van der Waals surface area contributed by atoms with E-state index in [1.165, 1.54) is 12.1 Å². The van der Waals surface area contributed by atoms with Gasteiger partial charge in [0.15, 0.2) is 0 Å². The zero-order valence-electron chi connectivity index (χ0n) is 11.2. The molecule has 0 radical (unpaired) electrons. The third-order valence-corrected chi connectivity index (χ3v) is 4.15. The topological polar surface area (TPSA) is 49.8 Å². The number of amides is 1. The summed E-state index contributed by atoms with van der Waals surface area (Å²) in [6.45, 7) is 2.55. The molecule has 1 aromatic rings. The van der Waals surface area contributed by atoms with Gasteiger partial charge in [-0.25, -0.2) is 4.39 Å². The molecule has 110 valence electrons. The third-order valence-electron chi connectivity index (χ3n) is 3.38. The Morgan fingerprint density at radius 3 is 3.05 bits per heavy atom. The van der Waals surface area contributed by atoms with Crippen molar-refractivity contribution in [2.24, 2.45) is 0 Å². The highest BCUT2D eigenvalue weighted by Crippen LogP contribution is 2.20. The van der Waals surface area contributed by atoms with Gasteiger partial charge in [-0.05, 0) is 30.7 Å². The van der Waals surface area contributed by atoms with Crippen LogP contribution in [-0.2, 0) is 16.0 Å². The molecule has 2 atom stereocenters. The van der Waals surface area contributed by atoms with Crippen LogP contribution in [0.3, 0.4) is 0 Å². The molecule has 6 heteroatoms. The number of hydrogen-bond acceptors (Lipinski definition) is 3. The first kappa shape index (κ1) is 15.4. The van der Waals surface area contributed by atoms with Gasteiger partial charge in [-0.1, -0.05) is 15.9 Å². The van der Waals surface area contributed by atoms with E-state index in [9.17, 15) is 9.18 Å². The average Bonchev–Trinajstić information content (AvgIpc) is 2.43. The standard InChI is InChI=1S/C14H17BrFNO3/c1-9-8-20-12(7-18)6-17(9)14(19)5-10-4-11(16)2-3-13(10)15/h2-4,9,12,18H,5-8H2,1H3. The van der Waals surface area contributed by atoms with Gasteiger partial charge < -0.3 is 14.7 Å². The summed E-state index contributed by atoms with van der Waals surface area (Å²) in [5.74, 6) is -0.454. The van der Waals surface area contributed by atoms with E-state index in [-0.39, 0.29) is 36.9 Å². The molecule has 1 fully saturated rings. The smallest absolute Gasteiger partial charge is 0.227 e. The molecular weight excluding hydrogens is 329 g/mol. The van der Waals surface area contributed by atoms with Crippen LogP contribution in [0, 0.1) is 5.82 Å². The van der Waals surface area contributed by atoms with Crippen molar-refractivity contribution in [1.82, 2.24) is 4.90 Å². The molecule has 1 aromatic carbocycles. The van der Waals surface area contributed by atoms with Crippen molar-refractivity contribution < 1.29 is 19.0 Å². The summed E-state index contributed by atoms with van der Waals surface area (Å²) in [6, 6.07) is 4.25. The first-order chi connectivity index (χ1) is 9.51. The quantitative estimate of drug-likeness (QED) is 0.907.